The van der Waals surface area contributed by atoms with Crippen LogP contribution >= 0.6 is 0 Å². The van der Waals surface area contributed by atoms with Crippen LogP contribution in [0.5, 0.6) is 11.5 Å². The van der Waals surface area contributed by atoms with Crippen molar-refractivity contribution in [3.05, 3.63) is 24.3 Å². The lowest BCUT2D eigenvalue weighted by Gasteiger charge is -2.12. The van der Waals surface area contributed by atoms with Crippen molar-refractivity contribution in [3.63, 3.8) is 0 Å². The average Bonchev–Trinajstić information content (AvgIpc) is 2.35. The summed E-state index contributed by atoms with van der Waals surface area (Å²) in [6.45, 7) is 8.55. The van der Waals surface area contributed by atoms with Crippen LogP contribution < -0.4 is 14.8 Å². The van der Waals surface area contributed by atoms with Crippen LogP contribution in [0.25, 0.3) is 0 Å². The van der Waals surface area contributed by atoms with Gasteiger partial charge < -0.3 is 14.8 Å². The third-order valence-electron chi connectivity index (χ3n) is 2.59. The fourth-order valence-corrected chi connectivity index (χ4v) is 1.44. The van der Waals surface area contributed by atoms with E-state index in [2.05, 4.69) is 19.2 Å². The molecule has 3 nitrogen and oxygen atoms in total. The van der Waals surface area contributed by atoms with Crippen molar-refractivity contribution >= 4 is 0 Å². The molecule has 17 heavy (non-hydrogen) atoms. The van der Waals surface area contributed by atoms with Crippen LogP contribution in [0.3, 0.4) is 0 Å². The highest BCUT2D eigenvalue weighted by molar-refractivity contribution is 5.32. The molecule has 1 rings (SSSR count). The second-order valence-electron chi connectivity index (χ2n) is 4.02. The van der Waals surface area contributed by atoms with Gasteiger partial charge in [-0.3, -0.25) is 0 Å². The Bertz CT molecular complexity index is 315. The average molecular weight is 237 g/mol. The normalized spacial score (nSPS) is 12.2. The van der Waals surface area contributed by atoms with Gasteiger partial charge in [-0.1, -0.05) is 13.0 Å². The topological polar surface area (TPSA) is 30.5 Å². The minimum absolute atomic E-state index is 0.549. The summed E-state index contributed by atoms with van der Waals surface area (Å²) in [5.74, 6) is 1.72. The summed E-state index contributed by atoms with van der Waals surface area (Å²) in [6.07, 6.45) is 1.14. The highest BCUT2D eigenvalue weighted by atomic mass is 16.5. The van der Waals surface area contributed by atoms with E-state index in [4.69, 9.17) is 9.47 Å². The highest BCUT2D eigenvalue weighted by Crippen LogP contribution is 2.19. The van der Waals surface area contributed by atoms with E-state index in [0.29, 0.717) is 19.3 Å². The lowest BCUT2D eigenvalue weighted by molar-refractivity contribution is 0.300. The van der Waals surface area contributed by atoms with E-state index in [0.717, 1.165) is 24.5 Å². The Morgan fingerprint density at radius 3 is 2.53 bits per heavy atom. The third-order valence-corrected chi connectivity index (χ3v) is 2.59. The number of ether oxygens (including phenoxy) is 2. The van der Waals surface area contributed by atoms with Crippen molar-refractivity contribution in [2.45, 2.75) is 33.2 Å². The monoisotopic (exact) mass is 237 g/mol. The van der Waals surface area contributed by atoms with Crippen LogP contribution in [0.1, 0.15) is 27.2 Å². The first-order valence-corrected chi connectivity index (χ1v) is 6.35. The predicted molar refractivity (Wildman–Crippen MR) is 70.9 cm³/mol. The molecule has 3 heteroatoms. The maximum absolute atomic E-state index is 5.65. The Balaban J connectivity index is 2.28. The van der Waals surface area contributed by atoms with Crippen LogP contribution in [0.15, 0.2) is 24.3 Å². The third kappa shape index (κ3) is 5.59. The molecule has 0 aliphatic rings. The summed E-state index contributed by atoms with van der Waals surface area (Å²) in [5.41, 5.74) is 0. The molecule has 0 spiro atoms. The van der Waals surface area contributed by atoms with Crippen LogP contribution in [0.2, 0.25) is 0 Å². The van der Waals surface area contributed by atoms with Gasteiger partial charge in [0.1, 0.15) is 18.1 Å². The zero-order chi connectivity index (χ0) is 12.5. The molecule has 1 N–H and O–H groups in total. The van der Waals surface area contributed by atoms with E-state index < -0.39 is 0 Å². The summed E-state index contributed by atoms with van der Waals surface area (Å²) < 4.78 is 11.1. The largest absolute Gasteiger partial charge is 0.494 e. The van der Waals surface area contributed by atoms with Gasteiger partial charge in [-0.15, -0.1) is 0 Å². The van der Waals surface area contributed by atoms with Gasteiger partial charge in [-0.05, 0) is 32.4 Å². The molecule has 0 heterocycles. The maximum atomic E-state index is 5.65. The van der Waals surface area contributed by atoms with Crippen molar-refractivity contribution < 1.29 is 9.47 Å². The number of hydrogen-bond acceptors (Lipinski definition) is 3. The Labute approximate surface area is 104 Å². The van der Waals surface area contributed by atoms with E-state index in [1.807, 2.05) is 31.2 Å². The Hall–Kier alpha value is -1.22. The van der Waals surface area contributed by atoms with Gasteiger partial charge in [-0.25, -0.2) is 0 Å². The molecule has 0 radical (unpaired) electrons. The quantitative estimate of drug-likeness (QED) is 0.705. The zero-order valence-corrected chi connectivity index (χ0v) is 11.0. The van der Waals surface area contributed by atoms with Gasteiger partial charge in [0.2, 0.25) is 0 Å². The van der Waals surface area contributed by atoms with Crippen molar-refractivity contribution in [2.24, 2.45) is 0 Å². The second-order valence-corrected chi connectivity index (χ2v) is 4.02. The minimum Gasteiger partial charge on any atom is -0.494 e. The molecule has 0 amide bonds. The maximum Gasteiger partial charge on any atom is 0.123 e. The predicted octanol–water partition coefficient (Wildman–Crippen LogP) is 2.85. The van der Waals surface area contributed by atoms with Crippen LogP contribution in [0.4, 0.5) is 0 Å². The molecule has 1 aromatic rings. The molecule has 0 aromatic heterocycles. The highest BCUT2D eigenvalue weighted by Gasteiger charge is 1.99. The first-order valence-electron chi connectivity index (χ1n) is 6.35. The van der Waals surface area contributed by atoms with Crippen molar-refractivity contribution in [1.29, 1.82) is 0 Å². The van der Waals surface area contributed by atoms with Crippen LogP contribution in [-0.4, -0.2) is 25.8 Å². The first-order chi connectivity index (χ1) is 8.26. The lowest BCUT2D eigenvalue weighted by atomic mass is 10.3. The first kappa shape index (κ1) is 13.8. The van der Waals surface area contributed by atoms with E-state index in [-0.39, 0.29) is 0 Å². The Kier molecular flexibility index (Phi) is 6.48. The molecule has 0 saturated carbocycles. The van der Waals surface area contributed by atoms with E-state index in [1.165, 1.54) is 0 Å². The molecule has 0 bridgehead atoms. The summed E-state index contributed by atoms with van der Waals surface area (Å²) in [6, 6.07) is 8.31. The van der Waals surface area contributed by atoms with Gasteiger partial charge in [-0.2, -0.15) is 0 Å². The Morgan fingerprint density at radius 1 is 1.18 bits per heavy atom. The molecule has 0 aliphatic carbocycles. The molecule has 1 unspecified atom stereocenters. The number of nitrogens with one attached hydrogen (secondary N) is 1. The second kappa shape index (κ2) is 7.96. The number of rotatable bonds is 8. The zero-order valence-electron chi connectivity index (χ0n) is 11.0. The standard InChI is InChI=1S/C14H23NO2/c1-4-12(3)15-9-10-17-14-8-6-7-13(11-14)16-5-2/h6-8,11-12,15H,4-5,9-10H2,1-3H3. The van der Waals surface area contributed by atoms with Gasteiger partial charge in [0.25, 0.3) is 0 Å². The molecule has 0 aliphatic heterocycles. The summed E-state index contributed by atoms with van der Waals surface area (Å²) in [4.78, 5) is 0. The Morgan fingerprint density at radius 2 is 1.88 bits per heavy atom. The SMILES string of the molecule is CCOc1cccc(OCCNC(C)CC)c1. The molecule has 0 fully saturated rings. The lowest BCUT2D eigenvalue weighted by Crippen LogP contribution is -2.29. The van der Waals surface area contributed by atoms with Crippen molar-refractivity contribution in [3.8, 4) is 11.5 Å². The van der Waals surface area contributed by atoms with Gasteiger partial charge in [0.15, 0.2) is 0 Å². The number of benzene rings is 1. The van der Waals surface area contributed by atoms with Crippen molar-refractivity contribution in [1.82, 2.24) is 5.32 Å². The van der Waals surface area contributed by atoms with Crippen LogP contribution in [0, 0.1) is 0 Å². The molecular weight excluding hydrogens is 214 g/mol. The van der Waals surface area contributed by atoms with Gasteiger partial charge in [0.05, 0.1) is 6.61 Å². The molecule has 1 aromatic carbocycles. The van der Waals surface area contributed by atoms with Gasteiger partial charge >= 0.3 is 0 Å². The van der Waals surface area contributed by atoms with Gasteiger partial charge in [0, 0.05) is 18.7 Å². The summed E-state index contributed by atoms with van der Waals surface area (Å²) in [7, 11) is 0. The molecule has 0 saturated heterocycles. The minimum atomic E-state index is 0.549. The van der Waals surface area contributed by atoms with E-state index >= 15 is 0 Å². The molecule has 1 atom stereocenters. The van der Waals surface area contributed by atoms with E-state index in [9.17, 15) is 0 Å². The molecule has 96 valence electrons. The molecular formula is C14H23NO2. The van der Waals surface area contributed by atoms with Crippen molar-refractivity contribution in [2.75, 3.05) is 19.8 Å². The fraction of sp³-hybridized carbons (Fsp3) is 0.571. The van der Waals surface area contributed by atoms with E-state index in [1.54, 1.807) is 0 Å². The smallest absolute Gasteiger partial charge is 0.123 e. The summed E-state index contributed by atoms with van der Waals surface area (Å²) >= 11 is 0. The van der Waals surface area contributed by atoms with Crippen LogP contribution in [-0.2, 0) is 0 Å². The fourth-order valence-electron chi connectivity index (χ4n) is 1.44. The summed E-state index contributed by atoms with van der Waals surface area (Å²) in [5, 5.41) is 3.39. The number of hydrogen-bond donors (Lipinski definition) is 1.